The van der Waals surface area contributed by atoms with Gasteiger partial charge in [-0.15, -0.1) is 0 Å². The summed E-state index contributed by atoms with van der Waals surface area (Å²) < 4.78 is 5.06. The Hall–Kier alpha value is -2.05. The lowest BCUT2D eigenvalue weighted by Gasteiger charge is -2.35. The fourth-order valence-corrected chi connectivity index (χ4v) is 2.68. The number of anilines is 2. The normalized spacial score (nSPS) is 14.8. The second kappa shape index (κ2) is 7.99. The van der Waals surface area contributed by atoms with Gasteiger partial charge in [0.05, 0.1) is 6.61 Å². The number of rotatable bonds is 5. The Balaban J connectivity index is 2.07. The largest absolute Gasteiger partial charge is 0.450 e. The third-order valence-corrected chi connectivity index (χ3v) is 4.00. The Morgan fingerprint density at radius 1 is 1.17 bits per heavy atom. The van der Waals surface area contributed by atoms with Gasteiger partial charge in [-0.05, 0) is 27.7 Å². The number of carbonyl (C=O) groups is 1. The average molecular weight is 321 g/mol. The molecule has 1 fully saturated rings. The van der Waals surface area contributed by atoms with Crippen molar-refractivity contribution in [1.29, 1.82) is 0 Å². The lowest BCUT2D eigenvalue weighted by Crippen LogP contribution is -2.49. The van der Waals surface area contributed by atoms with Crippen molar-refractivity contribution in [2.24, 2.45) is 0 Å². The predicted molar refractivity (Wildman–Crippen MR) is 91.1 cm³/mol. The van der Waals surface area contributed by atoms with Gasteiger partial charge in [-0.3, -0.25) is 0 Å². The summed E-state index contributed by atoms with van der Waals surface area (Å²) in [5.74, 6) is 1.71. The summed E-state index contributed by atoms with van der Waals surface area (Å²) in [6.07, 6.45) is -0.227. The highest BCUT2D eigenvalue weighted by Gasteiger charge is 2.23. The molecule has 0 bridgehead atoms. The van der Waals surface area contributed by atoms with Crippen molar-refractivity contribution in [3.63, 3.8) is 0 Å². The Labute approximate surface area is 138 Å². The minimum absolute atomic E-state index is 0.227. The fraction of sp³-hybridized carbons (Fsp3) is 0.688. The molecule has 0 unspecified atom stereocenters. The lowest BCUT2D eigenvalue weighted by atomic mass is 10.3. The van der Waals surface area contributed by atoms with E-state index in [2.05, 4.69) is 28.6 Å². The van der Waals surface area contributed by atoms with Gasteiger partial charge in [-0.1, -0.05) is 0 Å². The number of hydrogen-bond donors (Lipinski definition) is 0. The number of carbonyl (C=O) groups excluding carboxylic acids is 1. The molecule has 0 radical (unpaired) electrons. The molecule has 0 spiro atoms. The first-order chi connectivity index (χ1) is 11.1. The molecule has 23 heavy (non-hydrogen) atoms. The van der Waals surface area contributed by atoms with Crippen LogP contribution in [0.3, 0.4) is 0 Å². The maximum absolute atomic E-state index is 11.8. The molecular formula is C16H27N5O2. The Bertz CT molecular complexity index is 525. The molecule has 1 aliphatic heterocycles. The zero-order chi connectivity index (χ0) is 16.8. The Morgan fingerprint density at radius 2 is 1.83 bits per heavy atom. The number of piperazine rings is 1. The zero-order valence-corrected chi connectivity index (χ0v) is 14.6. The van der Waals surface area contributed by atoms with Crippen molar-refractivity contribution in [1.82, 2.24) is 14.9 Å². The van der Waals surface area contributed by atoms with Gasteiger partial charge in [0.15, 0.2) is 0 Å². The third kappa shape index (κ3) is 4.24. The molecule has 0 aromatic carbocycles. The number of aromatic nitrogens is 2. The van der Waals surface area contributed by atoms with Gasteiger partial charge >= 0.3 is 6.09 Å². The Kier molecular flexibility index (Phi) is 6.01. The van der Waals surface area contributed by atoms with Crippen LogP contribution in [-0.2, 0) is 4.74 Å². The molecule has 1 amide bonds. The molecular weight excluding hydrogens is 294 g/mol. The van der Waals surface area contributed by atoms with Crippen LogP contribution in [0.1, 0.15) is 26.5 Å². The minimum Gasteiger partial charge on any atom is -0.450 e. The number of aryl methyl sites for hydroxylation is 1. The van der Waals surface area contributed by atoms with Crippen LogP contribution in [0.5, 0.6) is 0 Å². The molecule has 0 saturated carbocycles. The van der Waals surface area contributed by atoms with Gasteiger partial charge in [0.1, 0.15) is 5.82 Å². The summed E-state index contributed by atoms with van der Waals surface area (Å²) >= 11 is 0. The molecule has 1 aromatic rings. The summed E-state index contributed by atoms with van der Waals surface area (Å²) in [6, 6.07) is 2.01. The first kappa shape index (κ1) is 17.3. The monoisotopic (exact) mass is 321 g/mol. The van der Waals surface area contributed by atoms with Gasteiger partial charge in [-0.2, -0.15) is 4.98 Å². The van der Waals surface area contributed by atoms with Crippen LogP contribution in [0.2, 0.25) is 0 Å². The molecule has 1 aromatic heterocycles. The molecule has 0 atom stereocenters. The lowest BCUT2D eigenvalue weighted by molar-refractivity contribution is 0.105. The Morgan fingerprint density at radius 3 is 2.39 bits per heavy atom. The van der Waals surface area contributed by atoms with Crippen molar-refractivity contribution < 1.29 is 9.53 Å². The molecule has 2 rings (SSSR count). The van der Waals surface area contributed by atoms with E-state index in [4.69, 9.17) is 9.72 Å². The van der Waals surface area contributed by atoms with E-state index < -0.39 is 0 Å². The molecule has 0 N–H and O–H groups in total. The van der Waals surface area contributed by atoms with E-state index in [1.54, 1.807) is 4.90 Å². The van der Waals surface area contributed by atoms with Crippen molar-refractivity contribution in [3.05, 3.63) is 11.8 Å². The standard InChI is InChI=1S/C16H27N5O2/c1-5-19(6-2)15-17-13(4)12-14(18-15)20-8-10-21(11-9-20)16(22)23-7-3/h12H,5-11H2,1-4H3. The minimum atomic E-state index is -0.227. The highest BCUT2D eigenvalue weighted by Crippen LogP contribution is 2.19. The van der Waals surface area contributed by atoms with Gasteiger partial charge in [0, 0.05) is 51.0 Å². The van der Waals surface area contributed by atoms with Crippen LogP contribution in [0.25, 0.3) is 0 Å². The molecule has 0 aliphatic carbocycles. The van der Waals surface area contributed by atoms with E-state index >= 15 is 0 Å². The van der Waals surface area contributed by atoms with Crippen molar-refractivity contribution in [2.75, 3.05) is 55.7 Å². The first-order valence-electron chi connectivity index (χ1n) is 8.36. The summed E-state index contributed by atoms with van der Waals surface area (Å²) in [6.45, 7) is 13.0. The number of hydrogen-bond acceptors (Lipinski definition) is 6. The fourth-order valence-electron chi connectivity index (χ4n) is 2.68. The van der Waals surface area contributed by atoms with Crippen molar-refractivity contribution in [2.45, 2.75) is 27.7 Å². The van der Waals surface area contributed by atoms with Crippen molar-refractivity contribution >= 4 is 17.9 Å². The maximum Gasteiger partial charge on any atom is 0.409 e. The molecule has 7 heteroatoms. The van der Waals surface area contributed by atoms with E-state index in [9.17, 15) is 4.79 Å². The van der Waals surface area contributed by atoms with Crippen LogP contribution in [0.4, 0.5) is 16.6 Å². The van der Waals surface area contributed by atoms with Crippen LogP contribution >= 0.6 is 0 Å². The summed E-state index contributed by atoms with van der Waals surface area (Å²) in [5, 5.41) is 0. The maximum atomic E-state index is 11.8. The third-order valence-electron chi connectivity index (χ3n) is 4.00. The summed E-state index contributed by atoms with van der Waals surface area (Å²) in [4.78, 5) is 27.1. The highest BCUT2D eigenvalue weighted by molar-refractivity contribution is 5.68. The SMILES string of the molecule is CCOC(=O)N1CCN(c2cc(C)nc(N(CC)CC)n2)CC1. The quantitative estimate of drug-likeness (QED) is 0.825. The zero-order valence-electron chi connectivity index (χ0n) is 14.6. The first-order valence-corrected chi connectivity index (χ1v) is 8.36. The highest BCUT2D eigenvalue weighted by atomic mass is 16.6. The topological polar surface area (TPSA) is 61.8 Å². The number of ether oxygens (including phenoxy) is 1. The summed E-state index contributed by atoms with van der Waals surface area (Å²) in [5.41, 5.74) is 0.963. The molecule has 128 valence electrons. The van der Waals surface area contributed by atoms with Crippen LogP contribution in [0, 0.1) is 6.92 Å². The molecule has 1 saturated heterocycles. The van der Waals surface area contributed by atoms with Gasteiger partial charge < -0.3 is 19.4 Å². The van der Waals surface area contributed by atoms with Gasteiger partial charge in [0.25, 0.3) is 0 Å². The van der Waals surface area contributed by atoms with E-state index in [-0.39, 0.29) is 6.09 Å². The number of amides is 1. The number of nitrogens with zero attached hydrogens (tertiary/aromatic N) is 5. The second-order valence-electron chi connectivity index (χ2n) is 5.51. The average Bonchev–Trinajstić information content (AvgIpc) is 2.56. The van der Waals surface area contributed by atoms with Crippen molar-refractivity contribution in [3.8, 4) is 0 Å². The van der Waals surface area contributed by atoms with E-state index in [1.165, 1.54) is 0 Å². The smallest absolute Gasteiger partial charge is 0.409 e. The molecule has 7 nitrogen and oxygen atoms in total. The van der Waals surface area contributed by atoms with Crippen LogP contribution in [0.15, 0.2) is 6.07 Å². The second-order valence-corrected chi connectivity index (χ2v) is 5.51. The van der Waals surface area contributed by atoms with Gasteiger partial charge in [0.2, 0.25) is 5.95 Å². The van der Waals surface area contributed by atoms with E-state index in [1.807, 2.05) is 19.9 Å². The molecule has 1 aliphatic rings. The van der Waals surface area contributed by atoms with Crippen LogP contribution in [-0.4, -0.2) is 66.8 Å². The van der Waals surface area contributed by atoms with Gasteiger partial charge in [-0.25, -0.2) is 9.78 Å². The van der Waals surface area contributed by atoms with Crippen LogP contribution < -0.4 is 9.80 Å². The van der Waals surface area contributed by atoms with E-state index in [0.717, 1.165) is 43.6 Å². The predicted octanol–water partition coefficient (Wildman–Crippen LogP) is 1.91. The molecule has 2 heterocycles. The summed E-state index contributed by atoms with van der Waals surface area (Å²) in [7, 11) is 0. The van der Waals surface area contributed by atoms with E-state index in [0.29, 0.717) is 19.7 Å².